The zero-order valence-electron chi connectivity index (χ0n) is 12.9. The van der Waals surface area contributed by atoms with Gasteiger partial charge in [0.1, 0.15) is 5.75 Å². The van der Waals surface area contributed by atoms with E-state index in [1.54, 1.807) is 7.11 Å². The van der Waals surface area contributed by atoms with Gasteiger partial charge in [-0.2, -0.15) is 13.2 Å². The third kappa shape index (κ3) is 3.97. The van der Waals surface area contributed by atoms with Crippen LogP contribution in [0, 0.1) is 0 Å². The van der Waals surface area contributed by atoms with Crippen LogP contribution in [0.3, 0.4) is 0 Å². The Kier molecular flexibility index (Phi) is 5.33. The van der Waals surface area contributed by atoms with Gasteiger partial charge in [-0.05, 0) is 30.2 Å². The number of piperazine rings is 1. The lowest BCUT2D eigenvalue weighted by Crippen LogP contribution is -2.56. The molecule has 2 heterocycles. The molecule has 0 saturated carbocycles. The fraction of sp³-hybridized carbons (Fsp3) is 0.467. The van der Waals surface area contributed by atoms with E-state index in [0.717, 1.165) is 42.9 Å². The van der Waals surface area contributed by atoms with Crippen LogP contribution in [0.2, 0.25) is 0 Å². The van der Waals surface area contributed by atoms with E-state index in [4.69, 9.17) is 14.6 Å². The summed E-state index contributed by atoms with van der Waals surface area (Å²) in [5.41, 5.74) is 1.95. The predicted molar refractivity (Wildman–Crippen MR) is 78.1 cm³/mol. The van der Waals surface area contributed by atoms with E-state index >= 15 is 0 Å². The molecule has 132 valence electrons. The minimum atomic E-state index is -5.08. The van der Waals surface area contributed by atoms with Crippen LogP contribution in [0.25, 0.3) is 0 Å². The molecule has 0 bridgehead atoms. The summed E-state index contributed by atoms with van der Waals surface area (Å²) in [7, 11) is 1.65. The molecule has 1 aromatic carbocycles. The summed E-state index contributed by atoms with van der Waals surface area (Å²) in [6, 6.07) is 6.03. The van der Waals surface area contributed by atoms with Gasteiger partial charge >= 0.3 is 12.1 Å². The molecule has 1 fully saturated rings. The summed E-state index contributed by atoms with van der Waals surface area (Å²) >= 11 is 0. The zero-order valence-corrected chi connectivity index (χ0v) is 12.9. The van der Waals surface area contributed by atoms with Gasteiger partial charge in [0, 0.05) is 31.2 Å². The van der Waals surface area contributed by atoms with Gasteiger partial charge in [0.25, 0.3) is 5.91 Å². The molecular formula is C15H17F3N2O4. The molecule has 1 atom stereocenters. The second kappa shape index (κ2) is 7.08. The Balaban J connectivity index is 0.000000256. The van der Waals surface area contributed by atoms with Gasteiger partial charge in [-0.25, -0.2) is 4.79 Å². The molecule has 0 aromatic heterocycles. The molecule has 0 aliphatic carbocycles. The molecule has 2 aliphatic rings. The summed E-state index contributed by atoms with van der Waals surface area (Å²) in [4.78, 5) is 23.2. The fourth-order valence-corrected chi connectivity index (χ4v) is 2.69. The van der Waals surface area contributed by atoms with Crippen molar-refractivity contribution in [3.05, 3.63) is 29.3 Å². The molecule has 1 saturated heterocycles. The highest BCUT2D eigenvalue weighted by atomic mass is 19.4. The van der Waals surface area contributed by atoms with Crippen molar-refractivity contribution < 1.29 is 32.6 Å². The number of hydrogen-bond donors (Lipinski definition) is 2. The molecule has 2 aliphatic heterocycles. The van der Waals surface area contributed by atoms with E-state index in [1.807, 2.05) is 23.1 Å². The molecule has 9 heteroatoms. The highest BCUT2D eigenvalue weighted by molar-refractivity contribution is 5.97. The maximum atomic E-state index is 12.3. The molecule has 1 amide bonds. The number of amides is 1. The second-order valence-electron chi connectivity index (χ2n) is 5.39. The quantitative estimate of drug-likeness (QED) is 0.801. The Labute approximate surface area is 136 Å². The van der Waals surface area contributed by atoms with E-state index in [-0.39, 0.29) is 5.91 Å². The molecule has 0 radical (unpaired) electrons. The van der Waals surface area contributed by atoms with E-state index < -0.39 is 12.1 Å². The average Bonchev–Trinajstić information content (AvgIpc) is 2.54. The lowest BCUT2D eigenvalue weighted by molar-refractivity contribution is -0.192. The van der Waals surface area contributed by atoms with Gasteiger partial charge in [0.05, 0.1) is 7.11 Å². The number of nitrogens with one attached hydrogen (secondary N) is 1. The maximum Gasteiger partial charge on any atom is 0.490 e. The first kappa shape index (κ1) is 18.1. The zero-order chi connectivity index (χ0) is 17.9. The Morgan fingerprint density at radius 1 is 1.42 bits per heavy atom. The number of alkyl halides is 3. The first-order valence-corrected chi connectivity index (χ1v) is 7.22. The molecule has 24 heavy (non-hydrogen) atoms. The standard InChI is InChI=1S/C13H16N2O2.C2HF3O2/c1-17-11-2-3-12-9(7-11)6-10-8-14-4-5-15(10)13(12)16;3-2(4,5)1(6)7/h2-3,7,10,14H,4-6,8H2,1H3;(H,6,7)/t10-;/m1./s1. The number of nitrogens with zero attached hydrogens (tertiary/aromatic N) is 1. The number of fused-ring (bicyclic) bond motifs is 2. The molecule has 6 nitrogen and oxygen atoms in total. The van der Waals surface area contributed by atoms with E-state index in [1.165, 1.54) is 0 Å². The first-order chi connectivity index (χ1) is 11.2. The smallest absolute Gasteiger partial charge is 0.490 e. The number of benzene rings is 1. The number of carbonyl (C=O) groups is 2. The highest BCUT2D eigenvalue weighted by Gasteiger charge is 2.38. The van der Waals surface area contributed by atoms with Crippen molar-refractivity contribution in [2.24, 2.45) is 0 Å². The van der Waals surface area contributed by atoms with Gasteiger partial charge in [0.2, 0.25) is 0 Å². The number of hydrogen-bond acceptors (Lipinski definition) is 4. The fourth-order valence-electron chi connectivity index (χ4n) is 2.69. The van der Waals surface area contributed by atoms with Crippen LogP contribution in [-0.2, 0) is 11.2 Å². The number of aliphatic carboxylic acids is 1. The highest BCUT2D eigenvalue weighted by Crippen LogP contribution is 2.27. The Morgan fingerprint density at radius 2 is 2.08 bits per heavy atom. The number of ether oxygens (including phenoxy) is 1. The maximum absolute atomic E-state index is 12.3. The lowest BCUT2D eigenvalue weighted by Gasteiger charge is -2.40. The largest absolute Gasteiger partial charge is 0.497 e. The van der Waals surface area contributed by atoms with Gasteiger partial charge in [-0.1, -0.05) is 0 Å². The summed E-state index contributed by atoms with van der Waals surface area (Å²) in [6.45, 7) is 2.60. The number of carboxylic acids is 1. The van der Waals surface area contributed by atoms with Gasteiger partial charge in [-0.3, -0.25) is 4.79 Å². The van der Waals surface area contributed by atoms with Crippen molar-refractivity contribution in [1.82, 2.24) is 10.2 Å². The van der Waals surface area contributed by atoms with Gasteiger partial charge < -0.3 is 20.1 Å². The van der Waals surface area contributed by atoms with Gasteiger partial charge in [-0.15, -0.1) is 0 Å². The van der Waals surface area contributed by atoms with Gasteiger partial charge in [0.15, 0.2) is 0 Å². The average molecular weight is 346 g/mol. The van der Waals surface area contributed by atoms with Crippen molar-refractivity contribution in [1.29, 1.82) is 0 Å². The third-order valence-electron chi connectivity index (χ3n) is 3.85. The van der Waals surface area contributed by atoms with Crippen LogP contribution in [-0.4, -0.2) is 60.8 Å². The molecule has 0 unspecified atom stereocenters. The normalized spacial score (nSPS) is 19.6. The number of rotatable bonds is 1. The van der Waals surface area contributed by atoms with Crippen molar-refractivity contribution in [3.8, 4) is 5.75 Å². The summed E-state index contributed by atoms with van der Waals surface area (Å²) < 4.78 is 36.9. The number of halogens is 3. The second-order valence-corrected chi connectivity index (χ2v) is 5.39. The minimum absolute atomic E-state index is 0.167. The summed E-state index contributed by atoms with van der Waals surface area (Å²) in [5, 5.41) is 10.5. The molecule has 0 spiro atoms. The Bertz CT molecular complexity index is 634. The van der Waals surface area contributed by atoms with E-state index in [0.29, 0.717) is 6.04 Å². The molecule has 3 rings (SSSR count). The third-order valence-corrected chi connectivity index (χ3v) is 3.85. The lowest BCUT2D eigenvalue weighted by atomic mass is 9.92. The van der Waals surface area contributed by atoms with Crippen LogP contribution in [0.1, 0.15) is 15.9 Å². The van der Waals surface area contributed by atoms with Crippen LogP contribution in [0.4, 0.5) is 13.2 Å². The SMILES string of the molecule is COc1ccc2c(c1)C[C@@H]1CNCCN1C2=O.O=C(O)C(F)(F)F. The van der Waals surface area contributed by atoms with E-state index in [9.17, 15) is 18.0 Å². The number of methoxy groups -OCH3 is 1. The van der Waals surface area contributed by atoms with Crippen LogP contribution in [0.5, 0.6) is 5.75 Å². The van der Waals surface area contributed by atoms with Crippen molar-refractivity contribution in [3.63, 3.8) is 0 Å². The topological polar surface area (TPSA) is 78.9 Å². The van der Waals surface area contributed by atoms with Crippen LogP contribution in [0.15, 0.2) is 18.2 Å². The van der Waals surface area contributed by atoms with Crippen LogP contribution >= 0.6 is 0 Å². The molecule has 1 aromatic rings. The van der Waals surface area contributed by atoms with Crippen LogP contribution < -0.4 is 10.1 Å². The van der Waals surface area contributed by atoms with E-state index in [2.05, 4.69) is 5.32 Å². The number of carbonyl (C=O) groups excluding carboxylic acids is 1. The predicted octanol–water partition coefficient (Wildman–Crippen LogP) is 1.30. The van der Waals surface area contributed by atoms with Crippen molar-refractivity contribution in [2.75, 3.05) is 26.7 Å². The number of carboxylic acid groups (broad SMARTS) is 1. The van der Waals surface area contributed by atoms with Crippen molar-refractivity contribution in [2.45, 2.75) is 18.6 Å². The first-order valence-electron chi connectivity index (χ1n) is 7.22. The monoisotopic (exact) mass is 346 g/mol. The van der Waals surface area contributed by atoms with Crippen molar-refractivity contribution >= 4 is 11.9 Å². The Hall–Kier alpha value is -2.29. The minimum Gasteiger partial charge on any atom is -0.497 e. The summed E-state index contributed by atoms with van der Waals surface area (Å²) in [6.07, 6.45) is -4.16. The Morgan fingerprint density at radius 3 is 2.67 bits per heavy atom. The molecular weight excluding hydrogens is 329 g/mol. The molecule has 2 N–H and O–H groups in total. The summed E-state index contributed by atoms with van der Waals surface area (Å²) in [5.74, 6) is -1.76.